The first kappa shape index (κ1) is 15.0. The molecule has 1 heterocycles. The predicted molar refractivity (Wildman–Crippen MR) is 73.0 cm³/mol. The predicted octanol–water partition coefficient (Wildman–Crippen LogP) is 2.34. The summed E-state index contributed by atoms with van der Waals surface area (Å²) in [5.74, 6) is -0.846. The minimum Gasteiger partial charge on any atom is -0.481 e. The van der Waals surface area contributed by atoms with Gasteiger partial charge in [0.1, 0.15) is 0 Å². The highest BCUT2D eigenvalue weighted by atomic mass is 16.4. The van der Waals surface area contributed by atoms with E-state index in [1.807, 2.05) is 0 Å². The molecule has 20 heavy (non-hydrogen) atoms. The summed E-state index contributed by atoms with van der Waals surface area (Å²) in [4.78, 5) is 36.1. The van der Waals surface area contributed by atoms with Crippen LogP contribution in [0.2, 0.25) is 0 Å². The number of rotatable bonds is 6. The molecule has 2 aliphatic rings. The van der Waals surface area contributed by atoms with Gasteiger partial charge in [0.05, 0.1) is 0 Å². The van der Waals surface area contributed by atoms with Crippen LogP contribution in [0.25, 0.3) is 0 Å². The summed E-state index contributed by atoms with van der Waals surface area (Å²) in [6.07, 6.45) is 7.55. The van der Waals surface area contributed by atoms with Crippen LogP contribution in [0.15, 0.2) is 0 Å². The number of hydrogen-bond donors (Lipinski definition) is 1. The Bertz CT molecular complexity index is 379. The second-order valence-electron chi connectivity index (χ2n) is 6.20. The molecule has 1 spiro atoms. The van der Waals surface area contributed by atoms with Gasteiger partial charge in [0.2, 0.25) is 11.8 Å². The minimum absolute atomic E-state index is 0.0265. The van der Waals surface area contributed by atoms with Gasteiger partial charge in [-0.05, 0) is 31.1 Å². The van der Waals surface area contributed by atoms with Crippen LogP contribution < -0.4 is 0 Å². The summed E-state index contributed by atoms with van der Waals surface area (Å²) < 4.78 is 0. The van der Waals surface area contributed by atoms with Crippen molar-refractivity contribution in [3.63, 3.8) is 0 Å². The Morgan fingerprint density at radius 3 is 2.20 bits per heavy atom. The lowest BCUT2D eigenvalue weighted by Gasteiger charge is -2.37. The van der Waals surface area contributed by atoms with Gasteiger partial charge in [-0.1, -0.05) is 19.3 Å². The van der Waals surface area contributed by atoms with Gasteiger partial charge in [0.15, 0.2) is 0 Å². The number of carboxylic acid groups (broad SMARTS) is 1. The molecule has 0 bridgehead atoms. The number of likely N-dealkylation sites (tertiary alicyclic amines) is 1. The lowest BCUT2D eigenvalue weighted by Crippen LogP contribution is -2.47. The molecule has 0 unspecified atom stereocenters. The fraction of sp³-hybridized carbons (Fsp3) is 0.800. The third-order valence-corrected chi connectivity index (χ3v) is 4.59. The summed E-state index contributed by atoms with van der Waals surface area (Å²) in [5.41, 5.74) is -0.0338. The fourth-order valence-electron chi connectivity index (χ4n) is 3.48. The normalized spacial score (nSPS) is 21.7. The van der Waals surface area contributed by atoms with Crippen molar-refractivity contribution < 1.29 is 19.5 Å². The third-order valence-electron chi connectivity index (χ3n) is 4.59. The van der Waals surface area contributed by atoms with Crippen molar-refractivity contribution in [2.75, 3.05) is 6.54 Å². The molecular weight excluding hydrogens is 258 g/mol. The molecule has 0 aromatic rings. The number of amides is 2. The second kappa shape index (κ2) is 6.37. The van der Waals surface area contributed by atoms with Gasteiger partial charge in [-0.25, -0.2) is 0 Å². The van der Waals surface area contributed by atoms with E-state index in [9.17, 15) is 14.4 Å². The molecule has 0 atom stereocenters. The van der Waals surface area contributed by atoms with E-state index in [2.05, 4.69) is 0 Å². The minimum atomic E-state index is -0.793. The highest BCUT2D eigenvalue weighted by Gasteiger charge is 2.44. The van der Waals surface area contributed by atoms with Gasteiger partial charge in [0.25, 0.3) is 0 Å². The monoisotopic (exact) mass is 281 g/mol. The topological polar surface area (TPSA) is 74.7 Å². The molecule has 2 amide bonds. The molecule has 0 aromatic carbocycles. The van der Waals surface area contributed by atoms with Gasteiger partial charge in [-0.15, -0.1) is 0 Å². The van der Waals surface area contributed by atoms with Crippen LogP contribution in [-0.4, -0.2) is 34.3 Å². The molecule has 1 aliphatic heterocycles. The molecule has 5 nitrogen and oxygen atoms in total. The Kier molecular flexibility index (Phi) is 4.78. The Hall–Kier alpha value is -1.39. The summed E-state index contributed by atoms with van der Waals surface area (Å²) in [6.45, 7) is 0.452. The zero-order valence-electron chi connectivity index (χ0n) is 11.9. The SMILES string of the molecule is O=C(O)CCCCCN1C(=O)CC2(CCCC2)CC1=O. The van der Waals surface area contributed by atoms with E-state index in [0.717, 1.165) is 32.1 Å². The van der Waals surface area contributed by atoms with E-state index in [1.165, 1.54) is 4.90 Å². The molecule has 1 saturated heterocycles. The smallest absolute Gasteiger partial charge is 0.303 e. The standard InChI is InChI=1S/C15H23NO4/c17-12-10-15(7-3-4-8-15)11-13(18)16(12)9-5-1-2-6-14(19)20/h1-11H2,(H,19,20). The molecule has 112 valence electrons. The van der Waals surface area contributed by atoms with Gasteiger partial charge in [-0.3, -0.25) is 19.3 Å². The first-order valence-electron chi connectivity index (χ1n) is 7.57. The van der Waals surface area contributed by atoms with Crippen LogP contribution >= 0.6 is 0 Å². The van der Waals surface area contributed by atoms with Gasteiger partial charge in [0, 0.05) is 25.8 Å². The van der Waals surface area contributed by atoms with Gasteiger partial charge in [-0.2, -0.15) is 0 Å². The number of imide groups is 1. The Balaban J connectivity index is 1.77. The van der Waals surface area contributed by atoms with Crippen LogP contribution in [0.5, 0.6) is 0 Å². The van der Waals surface area contributed by atoms with Gasteiger partial charge < -0.3 is 5.11 Å². The maximum Gasteiger partial charge on any atom is 0.303 e. The number of carbonyl (C=O) groups excluding carboxylic acids is 2. The summed E-state index contributed by atoms with van der Waals surface area (Å²) >= 11 is 0. The van der Waals surface area contributed by atoms with Crippen LogP contribution in [0.3, 0.4) is 0 Å². The number of aliphatic carboxylic acids is 1. The molecule has 1 aliphatic carbocycles. The van der Waals surface area contributed by atoms with Crippen molar-refractivity contribution in [3.05, 3.63) is 0 Å². The molecule has 0 aromatic heterocycles. The van der Waals surface area contributed by atoms with E-state index in [4.69, 9.17) is 5.11 Å². The summed E-state index contributed by atoms with van der Waals surface area (Å²) in [6, 6.07) is 0. The number of hydrogen-bond acceptors (Lipinski definition) is 3. The van der Waals surface area contributed by atoms with E-state index in [0.29, 0.717) is 32.2 Å². The van der Waals surface area contributed by atoms with Crippen LogP contribution in [-0.2, 0) is 14.4 Å². The van der Waals surface area contributed by atoms with Crippen LogP contribution in [0.1, 0.15) is 64.2 Å². The first-order valence-corrected chi connectivity index (χ1v) is 7.57. The molecule has 2 rings (SSSR count). The number of unbranched alkanes of at least 4 members (excludes halogenated alkanes) is 2. The lowest BCUT2D eigenvalue weighted by atomic mass is 9.76. The van der Waals surface area contributed by atoms with Crippen LogP contribution in [0, 0.1) is 5.41 Å². The lowest BCUT2D eigenvalue weighted by molar-refractivity contribution is -0.153. The number of carbonyl (C=O) groups is 3. The van der Waals surface area contributed by atoms with Crippen molar-refractivity contribution in [3.8, 4) is 0 Å². The Morgan fingerprint density at radius 1 is 1.05 bits per heavy atom. The fourth-order valence-corrected chi connectivity index (χ4v) is 3.48. The number of piperidine rings is 1. The highest BCUT2D eigenvalue weighted by Crippen LogP contribution is 2.46. The van der Waals surface area contributed by atoms with Crippen molar-refractivity contribution in [1.29, 1.82) is 0 Å². The van der Waals surface area contributed by atoms with Gasteiger partial charge >= 0.3 is 5.97 Å². The molecule has 2 fully saturated rings. The van der Waals surface area contributed by atoms with Crippen molar-refractivity contribution in [1.82, 2.24) is 4.90 Å². The Labute approximate surface area is 119 Å². The molecule has 5 heteroatoms. The van der Waals surface area contributed by atoms with E-state index >= 15 is 0 Å². The quantitative estimate of drug-likeness (QED) is 0.599. The maximum atomic E-state index is 12.1. The first-order chi connectivity index (χ1) is 9.52. The second-order valence-corrected chi connectivity index (χ2v) is 6.20. The Morgan fingerprint density at radius 2 is 1.65 bits per heavy atom. The van der Waals surface area contributed by atoms with E-state index < -0.39 is 5.97 Å². The zero-order valence-corrected chi connectivity index (χ0v) is 11.9. The molecule has 0 radical (unpaired) electrons. The van der Waals surface area contributed by atoms with Crippen molar-refractivity contribution >= 4 is 17.8 Å². The average molecular weight is 281 g/mol. The van der Waals surface area contributed by atoms with Crippen molar-refractivity contribution in [2.24, 2.45) is 5.41 Å². The number of nitrogens with zero attached hydrogens (tertiary/aromatic N) is 1. The van der Waals surface area contributed by atoms with E-state index in [-0.39, 0.29) is 23.7 Å². The highest BCUT2D eigenvalue weighted by molar-refractivity contribution is 5.98. The molecular formula is C15H23NO4. The van der Waals surface area contributed by atoms with E-state index in [1.54, 1.807) is 0 Å². The maximum absolute atomic E-state index is 12.1. The van der Waals surface area contributed by atoms with Crippen molar-refractivity contribution in [2.45, 2.75) is 64.2 Å². The molecule has 1 saturated carbocycles. The largest absolute Gasteiger partial charge is 0.481 e. The number of carboxylic acids is 1. The third kappa shape index (κ3) is 3.58. The molecule has 1 N–H and O–H groups in total. The average Bonchev–Trinajstić information content (AvgIpc) is 2.79. The van der Waals surface area contributed by atoms with Crippen LogP contribution in [0.4, 0.5) is 0 Å². The summed E-state index contributed by atoms with van der Waals surface area (Å²) in [7, 11) is 0. The summed E-state index contributed by atoms with van der Waals surface area (Å²) in [5, 5.41) is 8.54. The zero-order chi connectivity index (χ0) is 14.6.